The van der Waals surface area contributed by atoms with Gasteiger partial charge >= 0.3 is 0 Å². The highest BCUT2D eigenvalue weighted by molar-refractivity contribution is 5.56. The number of ether oxygens (including phenoxy) is 3. The molecule has 0 radical (unpaired) electrons. The summed E-state index contributed by atoms with van der Waals surface area (Å²) in [5, 5.41) is 3.00. The summed E-state index contributed by atoms with van der Waals surface area (Å²) in [6.07, 6.45) is 0.628. The van der Waals surface area contributed by atoms with Crippen LogP contribution >= 0.6 is 0 Å². The number of likely N-dealkylation sites (N-methyl/N-ethyl adjacent to an activating group) is 1. The predicted molar refractivity (Wildman–Crippen MR) is 56.7 cm³/mol. The van der Waals surface area contributed by atoms with Crippen LogP contribution in [-0.4, -0.2) is 27.5 Å². The van der Waals surface area contributed by atoms with Gasteiger partial charge in [0.25, 0.3) is 0 Å². The fourth-order valence-corrected chi connectivity index (χ4v) is 1.76. The lowest BCUT2D eigenvalue weighted by atomic mass is 10.1. The van der Waals surface area contributed by atoms with E-state index in [9.17, 15) is 4.39 Å². The predicted octanol–water partition coefficient (Wildman–Crippen LogP) is 1.32. The summed E-state index contributed by atoms with van der Waals surface area (Å²) >= 11 is 0. The smallest absolute Gasteiger partial charge is 0.231 e. The van der Waals surface area contributed by atoms with Crippen molar-refractivity contribution in [1.82, 2.24) is 5.32 Å². The molecule has 1 aliphatic rings. The maximum Gasteiger partial charge on any atom is 0.231 e. The molecule has 0 saturated heterocycles. The second-order valence-corrected chi connectivity index (χ2v) is 3.46. The minimum absolute atomic E-state index is 0.133. The van der Waals surface area contributed by atoms with E-state index in [0.29, 0.717) is 23.5 Å². The molecule has 0 fully saturated rings. The monoisotopic (exact) mass is 227 g/mol. The number of hydrogen-bond donors (Lipinski definition) is 1. The van der Waals surface area contributed by atoms with Gasteiger partial charge in [-0.05, 0) is 20.0 Å². The molecule has 4 nitrogen and oxygen atoms in total. The van der Waals surface area contributed by atoms with Gasteiger partial charge in [-0.15, -0.1) is 0 Å². The first kappa shape index (κ1) is 11.0. The van der Waals surface area contributed by atoms with Crippen molar-refractivity contribution in [3.05, 3.63) is 17.4 Å². The van der Waals surface area contributed by atoms with E-state index in [4.69, 9.17) is 14.2 Å². The number of nitrogens with one attached hydrogen (secondary N) is 1. The Morgan fingerprint density at radius 2 is 2.31 bits per heavy atom. The maximum absolute atomic E-state index is 13.7. The molecule has 1 aliphatic heterocycles. The van der Waals surface area contributed by atoms with Gasteiger partial charge in [0, 0.05) is 11.6 Å². The molecule has 1 heterocycles. The molecule has 2 rings (SSSR count). The molecular weight excluding hydrogens is 213 g/mol. The first-order valence-corrected chi connectivity index (χ1v) is 5.07. The van der Waals surface area contributed by atoms with Crippen molar-refractivity contribution in [2.45, 2.75) is 6.42 Å². The van der Waals surface area contributed by atoms with Gasteiger partial charge in [-0.1, -0.05) is 0 Å². The highest BCUT2D eigenvalue weighted by atomic mass is 19.1. The van der Waals surface area contributed by atoms with Crippen LogP contribution in [0.3, 0.4) is 0 Å². The van der Waals surface area contributed by atoms with Gasteiger partial charge in [0.05, 0.1) is 7.11 Å². The first-order chi connectivity index (χ1) is 7.77. The molecule has 5 heteroatoms. The summed E-state index contributed by atoms with van der Waals surface area (Å²) < 4.78 is 29.2. The second kappa shape index (κ2) is 4.57. The first-order valence-electron chi connectivity index (χ1n) is 5.07. The quantitative estimate of drug-likeness (QED) is 0.842. The average Bonchev–Trinajstić information content (AvgIpc) is 2.72. The van der Waals surface area contributed by atoms with E-state index in [0.717, 1.165) is 6.54 Å². The van der Waals surface area contributed by atoms with Gasteiger partial charge in [-0.3, -0.25) is 0 Å². The van der Waals surface area contributed by atoms with E-state index in [1.165, 1.54) is 13.2 Å². The molecule has 0 atom stereocenters. The Morgan fingerprint density at radius 1 is 1.50 bits per heavy atom. The molecule has 0 aromatic heterocycles. The fourth-order valence-electron chi connectivity index (χ4n) is 1.76. The molecule has 16 heavy (non-hydrogen) atoms. The highest BCUT2D eigenvalue weighted by Gasteiger charge is 2.24. The molecule has 1 aromatic carbocycles. The van der Waals surface area contributed by atoms with Crippen LogP contribution in [0.2, 0.25) is 0 Å². The molecule has 0 bridgehead atoms. The second-order valence-electron chi connectivity index (χ2n) is 3.46. The zero-order chi connectivity index (χ0) is 11.5. The van der Waals surface area contributed by atoms with Gasteiger partial charge in [0.15, 0.2) is 23.1 Å². The van der Waals surface area contributed by atoms with E-state index in [-0.39, 0.29) is 12.5 Å². The molecular formula is C11H14FNO3. The zero-order valence-electron chi connectivity index (χ0n) is 9.30. The standard InChI is InChI=1S/C11H14FNO3/c1-13-4-3-7-10(14-2)8(12)5-9-11(7)16-6-15-9/h5,13H,3-4,6H2,1-2H3. The summed E-state index contributed by atoms with van der Waals surface area (Å²) in [5.74, 6) is 0.857. The van der Waals surface area contributed by atoms with E-state index >= 15 is 0 Å². The topological polar surface area (TPSA) is 39.7 Å². The van der Waals surface area contributed by atoms with Crippen molar-refractivity contribution in [3.63, 3.8) is 0 Å². The Morgan fingerprint density at radius 3 is 3.00 bits per heavy atom. The Kier molecular flexibility index (Phi) is 3.14. The van der Waals surface area contributed by atoms with Crippen LogP contribution in [0.15, 0.2) is 6.07 Å². The molecule has 0 amide bonds. The van der Waals surface area contributed by atoms with E-state index in [2.05, 4.69) is 5.32 Å². The van der Waals surface area contributed by atoms with Crippen molar-refractivity contribution in [2.75, 3.05) is 27.5 Å². The lowest BCUT2D eigenvalue weighted by Gasteiger charge is -2.12. The lowest BCUT2D eigenvalue weighted by Crippen LogP contribution is -2.12. The number of hydrogen-bond acceptors (Lipinski definition) is 4. The minimum Gasteiger partial charge on any atom is -0.493 e. The van der Waals surface area contributed by atoms with Gasteiger partial charge in [-0.2, -0.15) is 0 Å². The number of halogens is 1. The van der Waals surface area contributed by atoms with Gasteiger partial charge in [-0.25, -0.2) is 4.39 Å². The zero-order valence-corrected chi connectivity index (χ0v) is 9.30. The Balaban J connectivity index is 2.44. The molecule has 1 N–H and O–H groups in total. The summed E-state index contributed by atoms with van der Waals surface area (Å²) in [5.41, 5.74) is 0.712. The van der Waals surface area contributed by atoms with Gasteiger partial charge in [0.1, 0.15) is 0 Å². The highest BCUT2D eigenvalue weighted by Crippen LogP contribution is 2.42. The molecule has 0 spiro atoms. The minimum atomic E-state index is -0.419. The van der Waals surface area contributed by atoms with Crippen LogP contribution in [0.5, 0.6) is 17.2 Å². The van der Waals surface area contributed by atoms with E-state index in [1.54, 1.807) is 0 Å². The third-order valence-electron chi connectivity index (χ3n) is 2.49. The summed E-state index contributed by atoms with van der Waals surface area (Å²) in [6, 6.07) is 1.30. The van der Waals surface area contributed by atoms with Crippen molar-refractivity contribution >= 4 is 0 Å². The Bertz CT molecular complexity index is 392. The summed E-state index contributed by atoms with van der Waals surface area (Å²) in [6.45, 7) is 0.851. The largest absolute Gasteiger partial charge is 0.493 e. The van der Waals surface area contributed by atoms with Crippen LogP contribution in [0, 0.1) is 5.82 Å². The van der Waals surface area contributed by atoms with Crippen LogP contribution < -0.4 is 19.5 Å². The molecule has 0 unspecified atom stereocenters. The molecule has 0 saturated carbocycles. The third kappa shape index (κ3) is 1.78. The number of rotatable bonds is 4. The number of benzene rings is 1. The summed E-state index contributed by atoms with van der Waals surface area (Å²) in [4.78, 5) is 0. The normalized spacial score (nSPS) is 12.9. The number of methoxy groups -OCH3 is 1. The fraction of sp³-hybridized carbons (Fsp3) is 0.455. The van der Waals surface area contributed by atoms with Crippen LogP contribution in [0.1, 0.15) is 5.56 Å². The SMILES string of the molecule is CNCCc1c(OC)c(F)cc2c1OCO2. The van der Waals surface area contributed by atoms with Gasteiger partial charge < -0.3 is 19.5 Å². The maximum atomic E-state index is 13.7. The van der Waals surface area contributed by atoms with E-state index < -0.39 is 5.82 Å². The van der Waals surface area contributed by atoms with Crippen LogP contribution in [-0.2, 0) is 6.42 Å². The number of fused-ring (bicyclic) bond motifs is 1. The van der Waals surface area contributed by atoms with Crippen molar-refractivity contribution < 1.29 is 18.6 Å². The van der Waals surface area contributed by atoms with Crippen LogP contribution in [0.25, 0.3) is 0 Å². The lowest BCUT2D eigenvalue weighted by molar-refractivity contribution is 0.173. The van der Waals surface area contributed by atoms with Crippen molar-refractivity contribution in [1.29, 1.82) is 0 Å². The van der Waals surface area contributed by atoms with Crippen molar-refractivity contribution in [2.24, 2.45) is 0 Å². The Labute approximate surface area is 93.3 Å². The molecule has 0 aliphatic carbocycles. The van der Waals surface area contributed by atoms with E-state index in [1.807, 2.05) is 7.05 Å². The van der Waals surface area contributed by atoms with Gasteiger partial charge in [0.2, 0.25) is 6.79 Å². The molecule has 88 valence electrons. The third-order valence-corrected chi connectivity index (χ3v) is 2.49. The average molecular weight is 227 g/mol. The summed E-state index contributed by atoms with van der Waals surface area (Å²) in [7, 11) is 3.28. The van der Waals surface area contributed by atoms with Crippen LogP contribution in [0.4, 0.5) is 4.39 Å². The Hall–Kier alpha value is -1.49. The van der Waals surface area contributed by atoms with Crippen molar-refractivity contribution in [3.8, 4) is 17.2 Å². The molecule has 1 aromatic rings.